The topological polar surface area (TPSA) is 606 Å². The molecule has 38 nitrogen and oxygen atoms in total. The van der Waals surface area contributed by atoms with Crippen molar-refractivity contribution < 1.29 is 127 Å². The van der Waals surface area contributed by atoms with Gasteiger partial charge in [-0.05, 0) is 117 Å². The number of carboxylic acids is 9. The minimum atomic E-state index is -1.66. The van der Waals surface area contributed by atoms with Crippen molar-refractivity contribution >= 4 is 113 Å². The van der Waals surface area contributed by atoms with Crippen molar-refractivity contribution in [2.45, 2.75) is 177 Å². The summed E-state index contributed by atoms with van der Waals surface area (Å²) in [5.74, 6) is -15.8. The molecule has 0 spiro atoms. The van der Waals surface area contributed by atoms with E-state index < -0.39 is 202 Å². The molecule has 0 aliphatic rings. The lowest BCUT2D eigenvalue weighted by molar-refractivity contribution is -0.142. The minimum absolute atomic E-state index is 0.128. The molecule has 104 heavy (non-hydrogen) atoms. The number of nitrogens with zero attached hydrogens (tertiary/aromatic N) is 3. The van der Waals surface area contributed by atoms with E-state index in [-0.39, 0.29) is 74.8 Å². The number of anilines is 3. The Hall–Kier alpha value is -12.3. The summed E-state index contributed by atoms with van der Waals surface area (Å²) < 4.78 is 14.4. The number of aromatic nitrogens is 3. The van der Waals surface area contributed by atoms with Crippen LogP contribution in [0.25, 0.3) is 0 Å². The Morgan fingerprint density at radius 1 is 0.385 bits per heavy atom. The smallest absolute Gasteiger partial charge is 0.326 e. The van der Waals surface area contributed by atoms with Gasteiger partial charge in [0, 0.05) is 99.6 Å². The Morgan fingerprint density at radius 2 is 0.692 bits per heavy atom. The Balaban J connectivity index is 1.61. The molecular weight excluding hydrogens is 1380 g/mol. The van der Waals surface area contributed by atoms with Crippen LogP contribution in [0.1, 0.15) is 125 Å². The predicted octanol–water partition coefficient (Wildman–Crippen LogP) is 2.30. The fraction of sp³-hybridized carbons (Fsp3) is 0.446. The van der Waals surface area contributed by atoms with E-state index in [9.17, 15) is 112 Å². The Bertz CT molecular complexity index is 3370. The van der Waals surface area contributed by atoms with Gasteiger partial charge in [0.2, 0.25) is 23.6 Å². The van der Waals surface area contributed by atoms with Crippen LogP contribution in [0.2, 0.25) is 0 Å². The fourth-order valence-electron chi connectivity index (χ4n) is 10.1. The molecule has 0 aliphatic heterocycles. The van der Waals surface area contributed by atoms with E-state index in [2.05, 4.69) is 47.5 Å². The van der Waals surface area contributed by atoms with Gasteiger partial charge >= 0.3 is 71.8 Å². The van der Waals surface area contributed by atoms with Gasteiger partial charge < -0.3 is 99.1 Å². The van der Waals surface area contributed by atoms with E-state index in [4.69, 9.17) is 15.3 Å². The highest BCUT2D eigenvalue weighted by Crippen LogP contribution is 2.29. The normalized spacial score (nSPS) is 12.7. The number of alkyl halides is 1. The molecule has 10 amide bonds. The third-order valence-corrected chi connectivity index (χ3v) is 15.7. The SMILES string of the molecule is O=C(O)CC[C@H](NC(=O)NC(Cc1ccc(NC(=O)CCC(CCC(=O)Nc2ccc(C[C@H](NC(=O)N[C@@H](CCC(=O)O)C(=O)O)C(=O)O)cc2)(CCC(=O)Nc2ccc(C[C@H](NC(=O)N[C@@H](CCC(=O)O)C(=O)O)C(=O)O)cc2)NC(=O)CCCCn2cc(CCCF)nn2)cc1)C(=O)O)C(=O)O. The molecular formula is C65H82FN13O25. The summed E-state index contributed by atoms with van der Waals surface area (Å²) in [4.78, 5) is 199. The number of unbranched alkanes of at least 4 members (excludes halogenated alkanes) is 1. The highest BCUT2D eigenvalue weighted by Gasteiger charge is 2.35. The van der Waals surface area contributed by atoms with Crippen LogP contribution < -0.4 is 53.2 Å². The molecule has 0 bridgehead atoms. The van der Waals surface area contributed by atoms with Crippen LogP contribution in [0, 0.1) is 0 Å². The number of rotatable bonds is 48. The van der Waals surface area contributed by atoms with Crippen molar-refractivity contribution in [1.29, 1.82) is 0 Å². The van der Waals surface area contributed by atoms with Gasteiger partial charge in [0.25, 0.3) is 0 Å². The van der Waals surface area contributed by atoms with Gasteiger partial charge in [-0.15, -0.1) is 5.10 Å². The number of halogens is 1. The number of carbonyl (C=O) groups excluding carboxylic acids is 7. The molecule has 1 unspecified atom stereocenters. The number of amides is 10. The van der Waals surface area contributed by atoms with Gasteiger partial charge in [-0.3, -0.25) is 42.6 Å². The van der Waals surface area contributed by atoms with Gasteiger partial charge in [-0.2, -0.15) is 0 Å². The number of hydrogen-bond donors (Lipinski definition) is 19. The van der Waals surface area contributed by atoms with Gasteiger partial charge in [0.1, 0.15) is 36.3 Å². The van der Waals surface area contributed by atoms with Crippen LogP contribution in [0.15, 0.2) is 79.0 Å². The van der Waals surface area contributed by atoms with Crippen LogP contribution in [0.3, 0.4) is 0 Å². The monoisotopic (exact) mass is 1460 g/mol. The molecule has 564 valence electrons. The third kappa shape index (κ3) is 32.3. The second-order valence-electron chi connectivity index (χ2n) is 23.9. The zero-order valence-electron chi connectivity index (χ0n) is 55.8. The minimum Gasteiger partial charge on any atom is -0.481 e. The summed E-state index contributed by atoms with van der Waals surface area (Å²) in [7, 11) is 0. The summed E-state index contributed by atoms with van der Waals surface area (Å²) in [6.45, 7) is -0.242. The lowest BCUT2D eigenvalue weighted by Gasteiger charge is -2.35. The highest BCUT2D eigenvalue weighted by molar-refractivity contribution is 5.94. The van der Waals surface area contributed by atoms with Crippen molar-refractivity contribution in [1.82, 2.24) is 52.2 Å². The van der Waals surface area contributed by atoms with Gasteiger partial charge in [0.05, 0.1) is 12.4 Å². The van der Waals surface area contributed by atoms with Crippen LogP contribution in [-0.4, -0.2) is 205 Å². The van der Waals surface area contributed by atoms with Crippen LogP contribution in [0.5, 0.6) is 0 Å². The van der Waals surface area contributed by atoms with E-state index in [0.717, 1.165) is 0 Å². The third-order valence-electron chi connectivity index (χ3n) is 15.7. The van der Waals surface area contributed by atoms with E-state index in [1.807, 2.05) is 16.0 Å². The quantitative estimate of drug-likeness (QED) is 0.0282. The molecule has 0 aliphatic carbocycles. The van der Waals surface area contributed by atoms with Crippen molar-refractivity contribution in [3.63, 3.8) is 0 Å². The first-order valence-corrected chi connectivity index (χ1v) is 32.4. The maximum atomic E-state index is 14.2. The lowest BCUT2D eigenvalue weighted by Crippen LogP contribution is -2.51. The lowest BCUT2D eigenvalue weighted by atomic mass is 9.82. The molecule has 4 aromatic rings. The van der Waals surface area contributed by atoms with Crippen LogP contribution >= 0.6 is 0 Å². The number of carboxylic acid groups (broad SMARTS) is 9. The molecule has 0 fully saturated rings. The summed E-state index contributed by atoms with van der Waals surface area (Å²) in [5, 5.41) is 117. The second kappa shape index (κ2) is 42.7. The zero-order chi connectivity index (χ0) is 77.1. The van der Waals surface area contributed by atoms with Crippen LogP contribution in [-0.2, 0) is 94.6 Å². The number of carbonyl (C=O) groups is 16. The zero-order valence-corrected chi connectivity index (χ0v) is 55.8. The summed E-state index contributed by atoms with van der Waals surface area (Å²) in [5.41, 5.74) is 0.427. The molecule has 6 atom stereocenters. The van der Waals surface area contributed by atoms with E-state index in [0.29, 0.717) is 41.8 Å². The van der Waals surface area contributed by atoms with Crippen molar-refractivity contribution in [2.75, 3.05) is 22.6 Å². The summed E-state index contributed by atoms with van der Waals surface area (Å²) in [6, 6.07) is 3.35. The molecule has 4 rings (SSSR count). The summed E-state index contributed by atoms with van der Waals surface area (Å²) in [6.07, 6.45) is -3.58. The largest absolute Gasteiger partial charge is 0.481 e. The molecule has 19 N–H and O–H groups in total. The maximum absolute atomic E-state index is 14.2. The molecule has 1 heterocycles. The van der Waals surface area contributed by atoms with Crippen molar-refractivity contribution in [3.8, 4) is 0 Å². The Kier molecular flexibility index (Phi) is 34.5. The van der Waals surface area contributed by atoms with E-state index >= 15 is 0 Å². The van der Waals surface area contributed by atoms with Crippen molar-refractivity contribution in [3.05, 3.63) is 101 Å². The van der Waals surface area contributed by atoms with E-state index in [1.54, 1.807) is 6.20 Å². The molecule has 0 saturated carbocycles. The molecule has 0 saturated heterocycles. The fourth-order valence-corrected chi connectivity index (χ4v) is 10.1. The standard InChI is InChI=1S/C65H82FN13O25/c66-30-3-4-42-35-79(78-77-42)31-2-1-5-52(83)76-65(27-24-49(80)67-39-12-6-36(7-13-39)32-46(59(96)97)73-62(102)70-43(56(90)91)18-21-53(84)85,28-25-50(81)68-40-14-8-37(9-15-40)33-47(60(98)99)74-63(103)71-44(57(92)93)19-22-54(86)87)29-26-51(82)69-41-16-10-38(11-17-41)34-48(61(100)101)75-64(104)72-45(58(94)95)20-23-55(88)89/h6-17,35,43-48H,1-5,18-34H2,(H,67,80)(H,68,81)(H,69,82)(H,76,83)(H,84,85)(H,86,87)(H,88,89)(H,90,91)(H,92,93)(H,94,95)(H,96,97)(H,98,99)(H,100,101)(H2,70,73,102)(H2,71,74,103)(H2,72,75,104)/t43-,44-,45-,46-,47-,48?/m0/s1. The number of aryl methyl sites for hydroxylation is 2. The summed E-state index contributed by atoms with van der Waals surface area (Å²) >= 11 is 0. The highest BCUT2D eigenvalue weighted by atomic mass is 19.1. The Labute approximate surface area is 590 Å². The number of benzene rings is 3. The first-order valence-electron chi connectivity index (χ1n) is 32.4. The Morgan fingerprint density at radius 3 is 0.981 bits per heavy atom. The number of hydrogen-bond acceptors (Lipinski definition) is 18. The average molecular weight is 1460 g/mol. The molecule has 1 aromatic heterocycles. The first kappa shape index (κ1) is 84.1. The van der Waals surface area contributed by atoms with Gasteiger partial charge in [0.15, 0.2) is 0 Å². The first-order chi connectivity index (χ1) is 49.2. The average Bonchev–Trinajstić information content (AvgIpc) is 1.77. The predicted molar refractivity (Wildman–Crippen MR) is 357 cm³/mol. The number of urea groups is 3. The van der Waals surface area contributed by atoms with Crippen molar-refractivity contribution in [2.24, 2.45) is 0 Å². The van der Waals surface area contributed by atoms with Gasteiger partial charge in [-0.25, -0.2) is 43.2 Å². The van der Waals surface area contributed by atoms with E-state index in [1.165, 1.54) is 77.5 Å². The second-order valence-corrected chi connectivity index (χ2v) is 23.9. The molecule has 3 aromatic carbocycles. The van der Waals surface area contributed by atoms with Crippen LogP contribution in [0.4, 0.5) is 35.8 Å². The molecule has 0 radical (unpaired) electrons. The maximum Gasteiger partial charge on any atom is 0.326 e. The molecule has 39 heteroatoms. The number of aliphatic carboxylic acids is 9. The number of nitrogens with one attached hydrogen (secondary N) is 10. The van der Waals surface area contributed by atoms with Gasteiger partial charge in [-0.1, -0.05) is 41.6 Å².